The number of aliphatic carboxylic acids is 1. The average molecular weight is 287 g/mol. The molecule has 0 aromatic rings. The number of carbonyl (C=O) groups excluding carboxylic acids is 2. The van der Waals surface area contributed by atoms with Crippen LogP contribution >= 0.6 is 0 Å². The number of carbonyl (C=O) groups is 3. The lowest BCUT2D eigenvalue weighted by molar-refractivity contribution is -0.141. The van der Waals surface area contributed by atoms with Crippen molar-refractivity contribution in [1.82, 2.24) is 15.5 Å². The molecule has 1 aliphatic heterocycles. The van der Waals surface area contributed by atoms with Crippen LogP contribution in [0.1, 0.15) is 26.2 Å². The number of hydrogen-bond acceptors (Lipinski definition) is 4. The van der Waals surface area contributed by atoms with Crippen molar-refractivity contribution in [2.24, 2.45) is 0 Å². The lowest BCUT2D eigenvalue weighted by Crippen LogP contribution is -2.58. The number of rotatable bonds is 4. The maximum absolute atomic E-state index is 12.1. The highest BCUT2D eigenvalue weighted by Crippen LogP contribution is 2.17. The van der Waals surface area contributed by atoms with Gasteiger partial charge >= 0.3 is 12.0 Å². The molecule has 0 radical (unpaired) electrons. The smallest absolute Gasteiger partial charge is 0.328 e. The Morgan fingerprint density at radius 1 is 1.30 bits per heavy atom. The molecule has 4 N–H and O–H groups in total. The van der Waals surface area contributed by atoms with Crippen molar-refractivity contribution in [3.63, 3.8) is 0 Å². The summed E-state index contributed by atoms with van der Waals surface area (Å²) in [5.74, 6) is -1.59. The zero-order chi connectivity index (χ0) is 15.3. The van der Waals surface area contributed by atoms with Crippen LogP contribution < -0.4 is 10.6 Å². The minimum absolute atomic E-state index is 0.274. The minimum atomic E-state index is -1.39. The van der Waals surface area contributed by atoms with Gasteiger partial charge in [0.25, 0.3) is 0 Å². The van der Waals surface area contributed by atoms with Crippen LogP contribution in [-0.4, -0.2) is 64.8 Å². The summed E-state index contributed by atoms with van der Waals surface area (Å²) in [6.45, 7) is 1.67. The van der Waals surface area contributed by atoms with Crippen molar-refractivity contribution in [3.05, 3.63) is 0 Å². The Hall–Kier alpha value is -1.83. The van der Waals surface area contributed by atoms with Gasteiger partial charge in [-0.2, -0.15) is 0 Å². The van der Waals surface area contributed by atoms with Gasteiger partial charge in [-0.15, -0.1) is 0 Å². The van der Waals surface area contributed by atoms with E-state index in [-0.39, 0.29) is 5.91 Å². The van der Waals surface area contributed by atoms with Gasteiger partial charge in [-0.25, -0.2) is 9.59 Å². The SMILES string of the molecule is CNC(=O)C1CCCCN1C(=O)NC(C(=O)O)C(C)O. The first-order chi connectivity index (χ1) is 9.38. The van der Waals surface area contributed by atoms with Crippen LogP contribution in [0.15, 0.2) is 0 Å². The van der Waals surface area contributed by atoms with Gasteiger partial charge in [0.15, 0.2) is 6.04 Å². The van der Waals surface area contributed by atoms with Gasteiger partial charge in [0, 0.05) is 13.6 Å². The van der Waals surface area contributed by atoms with Crippen LogP contribution in [-0.2, 0) is 9.59 Å². The number of nitrogens with one attached hydrogen (secondary N) is 2. The van der Waals surface area contributed by atoms with Crippen LogP contribution in [0.4, 0.5) is 4.79 Å². The summed E-state index contributed by atoms with van der Waals surface area (Å²) >= 11 is 0. The molecule has 114 valence electrons. The maximum atomic E-state index is 12.1. The van der Waals surface area contributed by atoms with Gasteiger partial charge in [0.1, 0.15) is 6.04 Å². The van der Waals surface area contributed by atoms with Crippen molar-refractivity contribution in [2.45, 2.75) is 44.4 Å². The highest BCUT2D eigenvalue weighted by atomic mass is 16.4. The lowest BCUT2D eigenvalue weighted by atomic mass is 10.0. The Morgan fingerprint density at radius 3 is 2.45 bits per heavy atom. The van der Waals surface area contributed by atoms with E-state index in [4.69, 9.17) is 5.11 Å². The second-order valence-electron chi connectivity index (χ2n) is 4.83. The molecule has 1 aliphatic rings. The number of likely N-dealkylation sites (N-methyl/N-ethyl adjacent to an activating group) is 1. The van der Waals surface area contributed by atoms with Gasteiger partial charge in [0.05, 0.1) is 6.10 Å². The molecule has 1 heterocycles. The van der Waals surface area contributed by atoms with Crippen LogP contribution in [0.3, 0.4) is 0 Å². The van der Waals surface area contributed by atoms with Crippen LogP contribution in [0, 0.1) is 0 Å². The fourth-order valence-electron chi connectivity index (χ4n) is 2.22. The first-order valence-electron chi connectivity index (χ1n) is 6.58. The van der Waals surface area contributed by atoms with Crippen LogP contribution in [0.5, 0.6) is 0 Å². The summed E-state index contributed by atoms with van der Waals surface area (Å²) in [4.78, 5) is 36.1. The molecule has 8 nitrogen and oxygen atoms in total. The van der Waals surface area contributed by atoms with Crippen molar-refractivity contribution in [2.75, 3.05) is 13.6 Å². The topological polar surface area (TPSA) is 119 Å². The Labute approximate surface area is 117 Å². The average Bonchev–Trinajstić information content (AvgIpc) is 2.42. The van der Waals surface area contributed by atoms with Crippen molar-refractivity contribution >= 4 is 17.9 Å². The number of nitrogens with zero attached hydrogens (tertiary/aromatic N) is 1. The molecule has 0 aromatic carbocycles. The Kier molecular flexibility index (Phi) is 5.75. The predicted molar refractivity (Wildman–Crippen MR) is 70.0 cm³/mol. The molecular weight excluding hydrogens is 266 g/mol. The van der Waals surface area contributed by atoms with Crippen LogP contribution in [0.2, 0.25) is 0 Å². The molecule has 0 saturated carbocycles. The van der Waals surface area contributed by atoms with E-state index in [1.165, 1.54) is 18.9 Å². The zero-order valence-corrected chi connectivity index (χ0v) is 11.6. The predicted octanol–water partition coefficient (Wildman–Crippen LogP) is -0.869. The van der Waals surface area contributed by atoms with E-state index in [9.17, 15) is 19.5 Å². The summed E-state index contributed by atoms with van der Waals surface area (Å²) in [5.41, 5.74) is 0. The number of urea groups is 1. The van der Waals surface area contributed by atoms with E-state index in [1.54, 1.807) is 0 Å². The molecule has 1 rings (SSSR count). The molecule has 1 fully saturated rings. The highest BCUT2D eigenvalue weighted by molar-refractivity contribution is 5.89. The number of hydrogen-bond donors (Lipinski definition) is 4. The van der Waals surface area contributed by atoms with Gasteiger partial charge in [-0.05, 0) is 26.2 Å². The molecule has 0 aromatic heterocycles. The summed E-state index contributed by atoms with van der Waals surface area (Å²) in [6, 6.07) is -2.64. The number of likely N-dealkylation sites (tertiary alicyclic amines) is 1. The third-order valence-electron chi connectivity index (χ3n) is 3.34. The summed E-state index contributed by atoms with van der Waals surface area (Å²) in [7, 11) is 1.49. The van der Waals surface area contributed by atoms with Crippen molar-refractivity contribution < 1.29 is 24.6 Å². The number of carboxylic acid groups (broad SMARTS) is 1. The summed E-state index contributed by atoms with van der Waals surface area (Å²) < 4.78 is 0. The zero-order valence-electron chi connectivity index (χ0n) is 11.6. The minimum Gasteiger partial charge on any atom is -0.480 e. The molecule has 8 heteroatoms. The Morgan fingerprint density at radius 2 is 1.95 bits per heavy atom. The van der Waals surface area contributed by atoms with Gasteiger partial charge in [-0.1, -0.05) is 0 Å². The van der Waals surface area contributed by atoms with Crippen LogP contribution in [0.25, 0.3) is 0 Å². The third-order valence-corrected chi connectivity index (χ3v) is 3.34. The number of piperidine rings is 1. The first kappa shape index (κ1) is 16.2. The molecule has 3 amide bonds. The fraction of sp³-hybridized carbons (Fsp3) is 0.750. The monoisotopic (exact) mass is 287 g/mol. The fourth-order valence-corrected chi connectivity index (χ4v) is 2.22. The van der Waals surface area contributed by atoms with Crippen molar-refractivity contribution in [1.29, 1.82) is 0 Å². The molecule has 0 bridgehead atoms. The second-order valence-corrected chi connectivity index (χ2v) is 4.83. The van der Waals surface area contributed by atoms with E-state index in [0.717, 1.165) is 12.8 Å². The standard InChI is InChI=1S/C12H21N3O5/c1-7(16)9(11(18)19)14-12(20)15-6-4-3-5-8(15)10(17)13-2/h7-9,16H,3-6H2,1-2H3,(H,13,17)(H,14,20)(H,18,19). The molecule has 3 unspecified atom stereocenters. The normalized spacial score (nSPS) is 21.8. The number of amides is 3. The van der Waals surface area contributed by atoms with E-state index >= 15 is 0 Å². The quantitative estimate of drug-likeness (QED) is 0.536. The third kappa shape index (κ3) is 3.83. The molecule has 20 heavy (non-hydrogen) atoms. The molecule has 3 atom stereocenters. The number of aliphatic hydroxyl groups excluding tert-OH is 1. The summed E-state index contributed by atoms with van der Waals surface area (Å²) in [5, 5.41) is 23.0. The largest absolute Gasteiger partial charge is 0.480 e. The summed E-state index contributed by atoms with van der Waals surface area (Å²) in [6.07, 6.45) is 0.910. The molecule has 0 aliphatic carbocycles. The Balaban J connectivity index is 2.77. The lowest BCUT2D eigenvalue weighted by Gasteiger charge is -2.35. The van der Waals surface area contributed by atoms with Gasteiger partial charge in [-0.3, -0.25) is 4.79 Å². The van der Waals surface area contributed by atoms with E-state index < -0.39 is 30.2 Å². The molecule has 1 saturated heterocycles. The van der Waals surface area contributed by atoms with Gasteiger partial charge in [0.2, 0.25) is 5.91 Å². The van der Waals surface area contributed by atoms with Gasteiger partial charge < -0.3 is 25.7 Å². The van der Waals surface area contributed by atoms with E-state index in [2.05, 4.69) is 10.6 Å². The second kappa shape index (κ2) is 7.09. The Bertz CT molecular complexity index is 385. The number of aliphatic hydroxyl groups is 1. The molecule has 0 spiro atoms. The number of carboxylic acids is 1. The molecular formula is C12H21N3O5. The highest BCUT2D eigenvalue weighted by Gasteiger charge is 2.34. The van der Waals surface area contributed by atoms with E-state index in [0.29, 0.717) is 13.0 Å². The maximum Gasteiger partial charge on any atom is 0.328 e. The first-order valence-corrected chi connectivity index (χ1v) is 6.58. The van der Waals surface area contributed by atoms with E-state index in [1.807, 2.05) is 0 Å². The van der Waals surface area contributed by atoms with Crippen molar-refractivity contribution in [3.8, 4) is 0 Å².